The van der Waals surface area contributed by atoms with Crippen LogP contribution in [0.25, 0.3) is 0 Å². The van der Waals surface area contributed by atoms with E-state index in [-0.39, 0.29) is 12.0 Å². The summed E-state index contributed by atoms with van der Waals surface area (Å²) in [7, 11) is 0. The molecule has 1 atom stereocenters. The van der Waals surface area contributed by atoms with Crippen molar-refractivity contribution < 1.29 is 9.53 Å². The van der Waals surface area contributed by atoms with Gasteiger partial charge >= 0.3 is 0 Å². The molecule has 1 N–H and O–H groups in total. The van der Waals surface area contributed by atoms with Crippen LogP contribution in [-0.4, -0.2) is 46.2 Å². The summed E-state index contributed by atoms with van der Waals surface area (Å²) >= 11 is 1.62. The normalized spacial score (nSPS) is 15.7. The maximum atomic E-state index is 12.0. The van der Waals surface area contributed by atoms with E-state index in [1.807, 2.05) is 13.2 Å². The topological polar surface area (TPSA) is 69.0 Å². The zero-order chi connectivity index (χ0) is 17.5. The van der Waals surface area contributed by atoms with Crippen LogP contribution in [0.5, 0.6) is 0 Å². The number of carbonyl (C=O) groups is 1. The van der Waals surface area contributed by atoms with Crippen molar-refractivity contribution in [3.8, 4) is 0 Å². The number of aryl methyl sites for hydroxylation is 1. The molecule has 6 nitrogen and oxygen atoms in total. The Hall–Kier alpha value is -1.08. The number of rotatable bonds is 11. The number of hydrogen-bond acceptors (Lipinski definition) is 5. The van der Waals surface area contributed by atoms with Gasteiger partial charge in [-0.05, 0) is 44.3 Å². The van der Waals surface area contributed by atoms with E-state index < -0.39 is 0 Å². The average molecular weight is 355 g/mol. The fraction of sp³-hybridized carbons (Fsp3) is 0.824. The molecule has 0 aromatic carbocycles. The van der Waals surface area contributed by atoms with Gasteiger partial charge in [-0.2, -0.15) is 0 Å². The Bertz CT molecular complexity index is 529. The molecule has 0 aliphatic heterocycles. The van der Waals surface area contributed by atoms with Gasteiger partial charge in [-0.15, -0.1) is 10.2 Å². The fourth-order valence-corrected chi connectivity index (χ4v) is 2.97. The first-order valence-corrected chi connectivity index (χ1v) is 10.1. The second kappa shape index (κ2) is 9.42. The largest absolute Gasteiger partial charge is 0.368 e. The van der Waals surface area contributed by atoms with Crippen LogP contribution in [0.4, 0.5) is 0 Å². The van der Waals surface area contributed by atoms with Crippen LogP contribution < -0.4 is 5.32 Å². The molecule has 0 saturated heterocycles. The Morgan fingerprint density at radius 2 is 2.12 bits per heavy atom. The number of aromatic nitrogens is 3. The second-order valence-corrected chi connectivity index (χ2v) is 7.69. The minimum absolute atomic E-state index is 0.0240. The third-order valence-electron chi connectivity index (χ3n) is 4.05. The maximum absolute atomic E-state index is 12.0. The molecule has 1 amide bonds. The van der Waals surface area contributed by atoms with Crippen LogP contribution in [0.15, 0.2) is 5.16 Å². The molecular weight excluding hydrogens is 324 g/mol. The van der Waals surface area contributed by atoms with Crippen molar-refractivity contribution in [3.05, 3.63) is 5.82 Å². The predicted molar refractivity (Wildman–Crippen MR) is 96.1 cm³/mol. The van der Waals surface area contributed by atoms with E-state index in [0.29, 0.717) is 25.0 Å². The van der Waals surface area contributed by atoms with Crippen molar-refractivity contribution in [1.29, 1.82) is 0 Å². The van der Waals surface area contributed by atoms with Gasteiger partial charge in [0.1, 0.15) is 11.9 Å². The van der Waals surface area contributed by atoms with Gasteiger partial charge in [-0.1, -0.05) is 25.6 Å². The molecule has 1 aliphatic carbocycles. The molecule has 1 heterocycles. The molecule has 1 unspecified atom stereocenters. The minimum atomic E-state index is -0.363. The smallest absolute Gasteiger partial charge is 0.248 e. The molecule has 1 aromatic heterocycles. The van der Waals surface area contributed by atoms with E-state index in [2.05, 4.69) is 33.9 Å². The Morgan fingerprint density at radius 1 is 1.38 bits per heavy atom. The predicted octanol–water partition coefficient (Wildman–Crippen LogP) is 2.52. The Labute approximate surface area is 149 Å². The van der Waals surface area contributed by atoms with Crippen LogP contribution in [0.3, 0.4) is 0 Å². The minimum Gasteiger partial charge on any atom is -0.368 e. The van der Waals surface area contributed by atoms with Crippen LogP contribution in [0.1, 0.15) is 45.9 Å². The Kier molecular flexibility index (Phi) is 7.55. The lowest BCUT2D eigenvalue weighted by atomic mass is 10.2. The molecule has 0 radical (unpaired) electrons. The van der Waals surface area contributed by atoms with E-state index in [1.165, 1.54) is 12.8 Å². The highest BCUT2D eigenvalue weighted by atomic mass is 32.2. The molecule has 1 aliphatic rings. The van der Waals surface area contributed by atoms with E-state index in [1.54, 1.807) is 11.8 Å². The lowest BCUT2D eigenvalue weighted by Crippen LogP contribution is -2.35. The lowest BCUT2D eigenvalue weighted by molar-refractivity contribution is -0.132. The second-order valence-electron chi connectivity index (χ2n) is 6.92. The van der Waals surface area contributed by atoms with Gasteiger partial charge in [0.15, 0.2) is 5.16 Å². The summed E-state index contributed by atoms with van der Waals surface area (Å²) in [4.78, 5) is 12.0. The first kappa shape index (κ1) is 19.2. The first-order valence-electron chi connectivity index (χ1n) is 8.86. The summed E-state index contributed by atoms with van der Waals surface area (Å²) in [5.74, 6) is 2.21. The standard InChI is InChI=1S/C17H30N4O2S/c1-12(2)10-21-15(19-20-17(21)24-4)6-5-9-18-16(22)13(3)23-11-14-7-8-14/h12-14H,5-11H2,1-4H3,(H,18,22). The van der Waals surface area contributed by atoms with E-state index in [4.69, 9.17) is 4.74 Å². The molecule has 136 valence electrons. The van der Waals surface area contributed by atoms with E-state index in [0.717, 1.165) is 30.4 Å². The number of carbonyl (C=O) groups excluding carboxylic acids is 1. The van der Waals surface area contributed by atoms with Crippen molar-refractivity contribution >= 4 is 17.7 Å². The van der Waals surface area contributed by atoms with Gasteiger partial charge in [0.25, 0.3) is 0 Å². The summed E-state index contributed by atoms with van der Waals surface area (Å²) < 4.78 is 7.78. The molecule has 0 spiro atoms. The zero-order valence-electron chi connectivity index (χ0n) is 15.2. The summed E-state index contributed by atoms with van der Waals surface area (Å²) in [5, 5.41) is 12.5. The molecule has 7 heteroatoms. The number of thioether (sulfide) groups is 1. The van der Waals surface area contributed by atoms with Crippen LogP contribution in [0.2, 0.25) is 0 Å². The maximum Gasteiger partial charge on any atom is 0.248 e. The van der Waals surface area contributed by atoms with Gasteiger partial charge in [-0.25, -0.2) is 0 Å². The van der Waals surface area contributed by atoms with Gasteiger partial charge in [0.2, 0.25) is 5.91 Å². The fourth-order valence-electron chi connectivity index (χ4n) is 2.45. The molecule has 1 fully saturated rings. The monoisotopic (exact) mass is 354 g/mol. The summed E-state index contributed by atoms with van der Waals surface area (Å²) in [6.45, 7) is 8.48. The summed E-state index contributed by atoms with van der Waals surface area (Å²) in [5.41, 5.74) is 0. The van der Waals surface area contributed by atoms with Gasteiger partial charge in [-0.3, -0.25) is 4.79 Å². The average Bonchev–Trinajstić information content (AvgIpc) is 3.30. The van der Waals surface area contributed by atoms with Crippen LogP contribution >= 0.6 is 11.8 Å². The number of ether oxygens (including phenoxy) is 1. The SMILES string of the molecule is CSc1nnc(CCCNC(=O)C(C)OCC2CC2)n1CC(C)C. The van der Waals surface area contributed by atoms with Crippen molar-refractivity contribution in [3.63, 3.8) is 0 Å². The zero-order valence-corrected chi connectivity index (χ0v) is 16.1. The van der Waals surface area contributed by atoms with Crippen molar-refractivity contribution in [1.82, 2.24) is 20.1 Å². The van der Waals surface area contributed by atoms with Gasteiger partial charge in [0.05, 0.1) is 6.61 Å². The van der Waals surface area contributed by atoms with Crippen LogP contribution in [-0.2, 0) is 22.5 Å². The first-order chi connectivity index (χ1) is 11.5. The number of nitrogens with zero attached hydrogens (tertiary/aromatic N) is 3. The molecule has 1 aromatic rings. The highest BCUT2D eigenvalue weighted by Gasteiger charge is 2.23. The van der Waals surface area contributed by atoms with E-state index in [9.17, 15) is 4.79 Å². The Balaban J connectivity index is 1.71. The number of hydrogen-bond donors (Lipinski definition) is 1. The third-order valence-corrected chi connectivity index (χ3v) is 4.72. The third kappa shape index (κ3) is 6.09. The quantitative estimate of drug-likeness (QED) is 0.488. The molecule has 24 heavy (non-hydrogen) atoms. The van der Waals surface area contributed by atoms with Crippen molar-refractivity contribution in [2.45, 2.75) is 64.3 Å². The Morgan fingerprint density at radius 3 is 2.75 bits per heavy atom. The van der Waals surface area contributed by atoms with Crippen molar-refractivity contribution in [2.75, 3.05) is 19.4 Å². The molecule has 2 rings (SSSR count). The number of amides is 1. The van der Waals surface area contributed by atoms with Crippen LogP contribution in [0, 0.1) is 11.8 Å². The van der Waals surface area contributed by atoms with Gasteiger partial charge in [0, 0.05) is 19.5 Å². The molecule has 0 bridgehead atoms. The lowest BCUT2D eigenvalue weighted by Gasteiger charge is -2.14. The van der Waals surface area contributed by atoms with Crippen molar-refractivity contribution in [2.24, 2.45) is 11.8 Å². The summed E-state index contributed by atoms with van der Waals surface area (Å²) in [6, 6.07) is 0. The van der Waals surface area contributed by atoms with E-state index >= 15 is 0 Å². The summed E-state index contributed by atoms with van der Waals surface area (Å²) in [6.07, 6.45) is 5.81. The number of nitrogens with one attached hydrogen (secondary N) is 1. The highest BCUT2D eigenvalue weighted by Crippen LogP contribution is 2.29. The highest BCUT2D eigenvalue weighted by molar-refractivity contribution is 7.98. The molecular formula is C17H30N4O2S. The molecule has 1 saturated carbocycles. The van der Waals surface area contributed by atoms with Gasteiger partial charge < -0.3 is 14.6 Å².